The predicted molar refractivity (Wildman–Crippen MR) is 108 cm³/mol. The number of phenolic OH excluding ortho intramolecular Hbond substituents is 1. The van der Waals surface area contributed by atoms with Gasteiger partial charge in [-0.25, -0.2) is 4.79 Å². The third-order valence-corrected chi connectivity index (χ3v) is 5.43. The van der Waals surface area contributed by atoms with Crippen molar-refractivity contribution in [1.82, 2.24) is 10.6 Å². The van der Waals surface area contributed by atoms with Crippen molar-refractivity contribution in [2.45, 2.75) is 32.2 Å². The fraction of sp³-hybridized carbons (Fsp3) is 0.286. The molecule has 0 aliphatic carbocycles. The molecular formula is C21H24N2O2S. The summed E-state index contributed by atoms with van der Waals surface area (Å²) in [6, 6.07) is 15.5. The highest BCUT2D eigenvalue weighted by Crippen LogP contribution is 2.25. The Kier molecular flexibility index (Phi) is 6.12. The number of carbonyl (C=O) groups is 1. The largest absolute Gasteiger partial charge is 0.508 e. The number of phenols is 1. The average molecular weight is 369 g/mol. The summed E-state index contributed by atoms with van der Waals surface area (Å²) in [6.07, 6.45) is 2.55. The lowest BCUT2D eigenvalue weighted by atomic mass is 10.1. The lowest BCUT2D eigenvalue weighted by Crippen LogP contribution is -2.41. The molecule has 0 bridgehead atoms. The lowest BCUT2D eigenvalue weighted by Gasteiger charge is -2.14. The smallest absolute Gasteiger partial charge is 0.315 e. The molecule has 0 fully saturated rings. The van der Waals surface area contributed by atoms with E-state index in [4.69, 9.17) is 0 Å². The van der Waals surface area contributed by atoms with E-state index in [1.54, 1.807) is 23.5 Å². The molecule has 4 nitrogen and oxygen atoms in total. The Bertz CT molecular complexity index is 858. The number of hydrogen-bond acceptors (Lipinski definition) is 3. The number of urea groups is 1. The van der Waals surface area contributed by atoms with Gasteiger partial charge in [-0.05, 0) is 66.3 Å². The molecule has 2 amide bonds. The molecule has 1 unspecified atom stereocenters. The molecule has 3 aromatic rings. The second kappa shape index (κ2) is 8.72. The summed E-state index contributed by atoms with van der Waals surface area (Å²) in [5.41, 5.74) is 2.44. The maximum Gasteiger partial charge on any atom is 0.315 e. The van der Waals surface area contributed by atoms with Gasteiger partial charge in [0.1, 0.15) is 5.75 Å². The lowest BCUT2D eigenvalue weighted by molar-refractivity contribution is 0.237. The molecule has 0 saturated carbocycles. The third-order valence-electron chi connectivity index (χ3n) is 4.42. The van der Waals surface area contributed by atoms with Crippen molar-refractivity contribution >= 4 is 27.5 Å². The third kappa shape index (κ3) is 4.99. The number of aromatic hydroxyl groups is 1. The summed E-state index contributed by atoms with van der Waals surface area (Å²) < 4.78 is 1.29. The van der Waals surface area contributed by atoms with Crippen molar-refractivity contribution < 1.29 is 9.90 Å². The molecule has 1 atom stereocenters. The Morgan fingerprint density at radius 3 is 2.69 bits per heavy atom. The van der Waals surface area contributed by atoms with E-state index in [0.29, 0.717) is 6.54 Å². The molecule has 0 aliphatic heterocycles. The molecule has 3 N–H and O–H groups in total. The molecule has 1 aromatic heterocycles. The van der Waals surface area contributed by atoms with Gasteiger partial charge in [0.2, 0.25) is 0 Å². The number of aryl methyl sites for hydroxylation is 1. The van der Waals surface area contributed by atoms with E-state index in [2.05, 4.69) is 34.2 Å². The second-order valence-corrected chi connectivity index (χ2v) is 7.42. The van der Waals surface area contributed by atoms with Gasteiger partial charge in [0.15, 0.2) is 0 Å². The normalized spacial score (nSPS) is 12.0. The first-order valence-corrected chi connectivity index (χ1v) is 9.77. The molecular weight excluding hydrogens is 344 g/mol. The van der Waals surface area contributed by atoms with Crippen LogP contribution in [0, 0.1) is 0 Å². The SMILES string of the molecule is CC(CCc1ccc(O)cc1)NC(=O)NCCc1csc2ccccc12. The monoisotopic (exact) mass is 368 g/mol. The van der Waals surface area contributed by atoms with Crippen LogP contribution >= 0.6 is 11.3 Å². The van der Waals surface area contributed by atoms with Gasteiger partial charge in [0.05, 0.1) is 0 Å². The van der Waals surface area contributed by atoms with Crippen LogP contribution in [0.2, 0.25) is 0 Å². The highest BCUT2D eigenvalue weighted by molar-refractivity contribution is 7.17. The molecule has 5 heteroatoms. The fourth-order valence-electron chi connectivity index (χ4n) is 2.93. The predicted octanol–water partition coefficient (Wildman–Crippen LogP) is 4.47. The van der Waals surface area contributed by atoms with Crippen LogP contribution in [0.4, 0.5) is 4.79 Å². The van der Waals surface area contributed by atoms with Gasteiger partial charge in [-0.2, -0.15) is 0 Å². The minimum atomic E-state index is -0.122. The minimum absolute atomic E-state index is 0.0887. The van der Waals surface area contributed by atoms with Crippen LogP contribution in [-0.4, -0.2) is 23.7 Å². The maximum absolute atomic E-state index is 12.0. The number of thiophene rings is 1. The van der Waals surface area contributed by atoms with Gasteiger partial charge in [0.25, 0.3) is 0 Å². The summed E-state index contributed by atoms with van der Waals surface area (Å²) in [4.78, 5) is 12.0. The van der Waals surface area contributed by atoms with E-state index in [-0.39, 0.29) is 17.8 Å². The molecule has 0 radical (unpaired) electrons. The zero-order valence-corrected chi connectivity index (χ0v) is 15.7. The number of nitrogens with one attached hydrogen (secondary N) is 2. The molecule has 0 saturated heterocycles. The number of hydrogen-bond donors (Lipinski definition) is 3. The van der Waals surface area contributed by atoms with Gasteiger partial charge >= 0.3 is 6.03 Å². The number of fused-ring (bicyclic) bond motifs is 1. The Balaban J connectivity index is 1.38. The van der Waals surface area contributed by atoms with Gasteiger partial charge in [-0.15, -0.1) is 11.3 Å². The fourth-order valence-corrected chi connectivity index (χ4v) is 3.93. The first kappa shape index (κ1) is 18.3. The van der Waals surface area contributed by atoms with E-state index in [9.17, 15) is 9.90 Å². The van der Waals surface area contributed by atoms with E-state index < -0.39 is 0 Å². The highest BCUT2D eigenvalue weighted by Gasteiger charge is 2.08. The molecule has 3 rings (SSSR count). The summed E-state index contributed by atoms with van der Waals surface area (Å²) in [6.45, 7) is 2.63. The molecule has 26 heavy (non-hydrogen) atoms. The topological polar surface area (TPSA) is 61.4 Å². The van der Waals surface area contributed by atoms with Gasteiger partial charge in [-0.3, -0.25) is 0 Å². The Hall–Kier alpha value is -2.53. The van der Waals surface area contributed by atoms with Crippen molar-refractivity contribution in [2.75, 3.05) is 6.54 Å². The molecule has 0 aliphatic rings. The van der Waals surface area contributed by atoms with Crippen LogP contribution in [0.15, 0.2) is 53.9 Å². The number of carbonyl (C=O) groups excluding carboxylic acids is 1. The van der Waals surface area contributed by atoms with Crippen molar-refractivity contribution in [3.63, 3.8) is 0 Å². The van der Waals surface area contributed by atoms with Crippen molar-refractivity contribution in [3.8, 4) is 5.75 Å². The van der Waals surface area contributed by atoms with Crippen LogP contribution in [0.5, 0.6) is 5.75 Å². The zero-order valence-electron chi connectivity index (χ0n) is 14.9. The Morgan fingerprint density at radius 2 is 1.88 bits per heavy atom. The minimum Gasteiger partial charge on any atom is -0.508 e. The number of amides is 2. The average Bonchev–Trinajstić information content (AvgIpc) is 3.04. The zero-order chi connectivity index (χ0) is 18.4. The number of rotatable bonds is 7. The van der Waals surface area contributed by atoms with Crippen LogP contribution < -0.4 is 10.6 Å². The molecule has 2 aromatic carbocycles. The van der Waals surface area contributed by atoms with Crippen molar-refractivity contribution in [3.05, 3.63) is 65.0 Å². The van der Waals surface area contributed by atoms with Crippen molar-refractivity contribution in [2.24, 2.45) is 0 Å². The van der Waals surface area contributed by atoms with Crippen LogP contribution in [-0.2, 0) is 12.8 Å². The van der Waals surface area contributed by atoms with Crippen molar-refractivity contribution in [1.29, 1.82) is 0 Å². The summed E-state index contributed by atoms with van der Waals surface area (Å²) in [5, 5.41) is 18.7. The Morgan fingerprint density at radius 1 is 1.12 bits per heavy atom. The van der Waals surface area contributed by atoms with E-state index >= 15 is 0 Å². The van der Waals surface area contributed by atoms with Gasteiger partial charge in [-0.1, -0.05) is 30.3 Å². The van der Waals surface area contributed by atoms with E-state index in [0.717, 1.165) is 24.8 Å². The first-order chi connectivity index (χ1) is 12.6. The van der Waals surface area contributed by atoms with Gasteiger partial charge < -0.3 is 15.7 Å². The maximum atomic E-state index is 12.0. The summed E-state index contributed by atoms with van der Waals surface area (Å²) in [5.74, 6) is 0.276. The molecule has 1 heterocycles. The van der Waals surface area contributed by atoms with Crippen LogP contribution in [0.3, 0.4) is 0 Å². The van der Waals surface area contributed by atoms with E-state index in [1.807, 2.05) is 25.1 Å². The standard InChI is InChI=1S/C21H24N2O2S/c1-15(6-7-16-8-10-18(24)11-9-16)23-21(25)22-13-12-17-14-26-20-5-3-2-4-19(17)20/h2-5,8-11,14-15,24H,6-7,12-13H2,1H3,(H2,22,23,25). The highest BCUT2D eigenvalue weighted by atomic mass is 32.1. The quantitative estimate of drug-likeness (QED) is 0.576. The van der Waals surface area contributed by atoms with Crippen LogP contribution in [0.25, 0.3) is 10.1 Å². The first-order valence-electron chi connectivity index (χ1n) is 8.89. The van der Waals surface area contributed by atoms with E-state index in [1.165, 1.54) is 15.6 Å². The summed E-state index contributed by atoms with van der Waals surface area (Å²) >= 11 is 1.74. The van der Waals surface area contributed by atoms with Crippen LogP contribution in [0.1, 0.15) is 24.5 Å². The second-order valence-electron chi connectivity index (χ2n) is 6.51. The Labute approximate surface area is 157 Å². The number of benzene rings is 2. The van der Waals surface area contributed by atoms with Gasteiger partial charge in [0, 0.05) is 17.3 Å². The molecule has 0 spiro atoms. The summed E-state index contributed by atoms with van der Waals surface area (Å²) in [7, 11) is 0. The molecule has 136 valence electrons.